The third-order valence-corrected chi connectivity index (χ3v) is 5.66. The molecule has 25 heavy (non-hydrogen) atoms. The number of benzene rings is 1. The summed E-state index contributed by atoms with van der Waals surface area (Å²) in [5, 5.41) is 22.0. The van der Waals surface area contributed by atoms with E-state index in [4.69, 9.17) is 4.11 Å². The van der Waals surface area contributed by atoms with Crippen molar-refractivity contribution in [3.63, 3.8) is 0 Å². The lowest BCUT2D eigenvalue weighted by atomic mass is 9.72. The molecule has 1 aromatic rings. The topological polar surface area (TPSA) is 40.5 Å². The molecular formula is C23H34O2. The molecule has 138 valence electrons. The fourth-order valence-corrected chi connectivity index (χ4v) is 4.07. The van der Waals surface area contributed by atoms with E-state index in [-0.39, 0.29) is 23.3 Å². The van der Waals surface area contributed by atoms with Crippen molar-refractivity contribution in [2.75, 3.05) is 0 Å². The zero-order chi connectivity index (χ0) is 21.2. The average Bonchev–Trinajstić information content (AvgIpc) is 2.62. The molecule has 0 saturated carbocycles. The van der Waals surface area contributed by atoms with Gasteiger partial charge in [0.2, 0.25) is 0 Å². The molecule has 2 nitrogen and oxygen atoms in total. The van der Waals surface area contributed by atoms with Crippen molar-refractivity contribution in [2.45, 2.75) is 79.0 Å². The van der Waals surface area contributed by atoms with Gasteiger partial charge in [0, 0.05) is 15.6 Å². The molecule has 0 radical (unpaired) electrons. The molecule has 2 N–H and O–H groups in total. The molecule has 2 rings (SSSR count). The molecule has 0 fully saturated rings. The molecule has 1 aliphatic carbocycles. The van der Waals surface area contributed by atoms with Crippen LogP contribution in [-0.2, 0) is 6.42 Å². The molecule has 0 saturated heterocycles. The number of hydrogen-bond donors (Lipinski definition) is 2. The van der Waals surface area contributed by atoms with Crippen molar-refractivity contribution in [3.05, 3.63) is 46.1 Å². The fraction of sp³-hybridized carbons (Fsp3) is 0.565. The van der Waals surface area contributed by atoms with E-state index in [1.165, 1.54) is 0 Å². The quantitative estimate of drug-likeness (QED) is 0.458. The van der Waals surface area contributed by atoms with Gasteiger partial charge in [0.15, 0.2) is 0 Å². The molecule has 0 heterocycles. The van der Waals surface area contributed by atoms with Crippen LogP contribution in [0.3, 0.4) is 0 Å². The first-order valence-corrected chi connectivity index (χ1v) is 9.41. The van der Waals surface area contributed by atoms with Crippen LogP contribution in [0.5, 0.6) is 11.5 Å². The molecule has 1 aliphatic rings. The summed E-state index contributed by atoms with van der Waals surface area (Å²) in [4.78, 5) is 0. The summed E-state index contributed by atoms with van der Waals surface area (Å²) in [5.74, 6) is -0.209. The molecule has 0 spiro atoms. The van der Waals surface area contributed by atoms with Gasteiger partial charge >= 0.3 is 0 Å². The standard InChI is InChI=1S/C23H34O2/c1-7-8-9-10-19-16(5)22(24)21(23(25)17(19)6)20-13-15(4)11-12-18(20)14(2)3/h13,18,20,24-25H,2,7-12H2,1,3-6H3/t18-,20+/m0/s1/i4D3. The van der Waals surface area contributed by atoms with Crippen molar-refractivity contribution in [1.29, 1.82) is 0 Å². The predicted octanol–water partition coefficient (Wildman–Crippen LogP) is 6.46. The first-order chi connectivity index (χ1) is 13.0. The highest BCUT2D eigenvalue weighted by Crippen LogP contribution is 2.49. The summed E-state index contributed by atoms with van der Waals surface area (Å²) in [6.45, 7) is 9.77. The van der Waals surface area contributed by atoms with Crippen LogP contribution >= 0.6 is 0 Å². The largest absolute Gasteiger partial charge is 0.507 e. The highest BCUT2D eigenvalue weighted by atomic mass is 16.3. The molecule has 0 unspecified atom stereocenters. The first kappa shape index (κ1) is 15.5. The van der Waals surface area contributed by atoms with Gasteiger partial charge in [-0.15, -0.1) is 0 Å². The summed E-state index contributed by atoms with van der Waals surface area (Å²) < 4.78 is 23.4. The van der Waals surface area contributed by atoms with E-state index in [0.717, 1.165) is 47.9 Å². The van der Waals surface area contributed by atoms with Crippen LogP contribution in [0, 0.1) is 19.8 Å². The van der Waals surface area contributed by atoms with Gasteiger partial charge in [-0.05, 0) is 75.9 Å². The lowest BCUT2D eigenvalue weighted by Gasteiger charge is -2.32. The summed E-state index contributed by atoms with van der Waals surface area (Å²) in [5.41, 5.74) is 4.36. The predicted molar refractivity (Wildman–Crippen MR) is 107 cm³/mol. The second-order valence-electron chi connectivity index (χ2n) is 7.51. The van der Waals surface area contributed by atoms with E-state index in [1.54, 1.807) is 6.08 Å². The molecule has 2 atom stereocenters. The molecule has 0 bridgehead atoms. The number of allylic oxidation sites excluding steroid dienone is 3. The van der Waals surface area contributed by atoms with E-state index in [2.05, 4.69) is 13.5 Å². The minimum Gasteiger partial charge on any atom is -0.507 e. The second-order valence-corrected chi connectivity index (χ2v) is 7.51. The Morgan fingerprint density at radius 3 is 2.40 bits per heavy atom. The summed E-state index contributed by atoms with van der Waals surface area (Å²) in [6, 6.07) is 0. The van der Waals surface area contributed by atoms with E-state index in [9.17, 15) is 10.2 Å². The Hall–Kier alpha value is -1.70. The van der Waals surface area contributed by atoms with Crippen molar-refractivity contribution < 1.29 is 14.3 Å². The van der Waals surface area contributed by atoms with E-state index in [1.807, 2.05) is 20.8 Å². The molecular weight excluding hydrogens is 308 g/mol. The highest BCUT2D eigenvalue weighted by molar-refractivity contribution is 5.60. The maximum Gasteiger partial charge on any atom is 0.126 e. The van der Waals surface area contributed by atoms with Crippen molar-refractivity contribution in [2.24, 2.45) is 5.92 Å². The molecule has 1 aromatic carbocycles. The smallest absolute Gasteiger partial charge is 0.126 e. The van der Waals surface area contributed by atoms with Crippen LogP contribution in [0.2, 0.25) is 0 Å². The van der Waals surface area contributed by atoms with Crippen LogP contribution in [0.25, 0.3) is 0 Å². The van der Waals surface area contributed by atoms with Crippen LogP contribution in [0.1, 0.15) is 85.1 Å². The number of unbranched alkanes of at least 4 members (excludes halogenated alkanes) is 2. The van der Waals surface area contributed by atoms with Gasteiger partial charge in [-0.25, -0.2) is 0 Å². The van der Waals surface area contributed by atoms with Crippen LogP contribution < -0.4 is 0 Å². The maximum atomic E-state index is 11.0. The average molecular weight is 346 g/mol. The Bertz CT molecular complexity index is 746. The number of rotatable bonds is 6. The van der Waals surface area contributed by atoms with Gasteiger partial charge in [-0.1, -0.05) is 43.6 Å². The number of aromatic hydroxyl groups is 2. The molecule has 0 amide bonds. The van der Waals surface area contributed by atoms with Gasteiger partial charge in [0.1, 0.15) is 11.5 Å². The number of hydrogen-bond acceptors (Lipinski definition) is 2. The zero-order valence-corrected chi connectivity index (χ0v) is 16.1. The molecule has 2 heteroatoms. The summed E-state index contributed by atoms with van der Waals surface area (Å²) >= 11 is 0. The third-order valence-electron chi connectivity index (χ3n) is 5.66. The van der Waals surface area contributed by atoms with E-state index in [0.29, 0.717) is 24.0 Å². The monoisotopic (exact) mass is 345 g/mol. The van der Waals surface area contributed by atoms with Crippen molar-refractivity contribution in [1.82, 2.24) is 0 Å². The van der Waals surface area contributed by atoms with Gasteiger partial charge in [-0.3, -0.25) is 0 Å². The SMILES string of the molecule is [2H]C([2H])([2H])C1=C[C@@H](c2c(O)c(C)c(CCCCC)c(C)c2O)[C@H](C(=C)C)CC1. The van der Waals surface area contributed by atoms with Gasteiger partial charge in [0.05, 0.1) is 0 Å². The zero-order valence-electron chi connectivity index (χ0n) is 19.1. The Balaban J connectivity index is 2.61. The Labute approximate surface area is 157 Å². The maximum absolute atomic E-state index is 11.0. The number of phenolic OH excluding ortho intramolecular Hbond substituents is 2. The highest BCUT2D eigenvalue weighted by Gasteiger charge is 2.32. The normalized spacial score (nSPS) is 22.7. The van der Waals surface area contributed by atoms with Gasteiger partial charge in [-0.2, -0.15) is 0 Å². The number of phenols is 2. The minimum absolute atomic E-state index is 0.00681. The van der Waals surface area contributed by atoms with E-state index >= 15 is 0 Å². The van der Waals surface area contributed by atoms with E-state index < -0.39 is 6.85 Å². The minimum atomic E-state index is -2.16. The summed E-state index contributed by atoms with van der Waals surface area (Å²) in [6.07, 6.45) is 6.92. The first-order valence-electron chi connectivity index (χ1n) is 10.9. The Morgan fingerprint density at radius 1 is 1.24 bits per heavy atom. The van der Waals surface area contributed by atoms with Gasteiger partial charge < -0.3 is 10.2 Å². The third kappa shape index (κ3) is 3.94. The van der Waals surface area contributed by atoms with Crippen molar-refractivity contribution in [3.8, 4) is 11.5 Å². The Kier molecular flexibility index (Phi) is 5.05. The van der Waals surface area contributed by atoms with Crippen molar-refractivity contribution >= 4 is 0 Å². The molecule has 0 aliphatic heterocycles. The summed E-state index contributed by atoms with van der Waals surface area (Å²) in [7, 11) is 0. The fourth-order valence-electron chi connectivity index (χ4n) is 4.07. The Morgan fingerprint density at radius 2 is 1.88 bits per heavy atom. The lowest BCUT2D eigenvalue weighted by molar-refractivity contribution is 0.401. The second kappa shape index (κ2) is 8.12. The molecule has 0 aromatic heterocycles. The van der Waals surface area contributed by atoms with Crippen LogP contribution in [0.4, 0.5) is 0 Å². The lowest BCUT2D eigenvalue weighted by Crippen LogP contribution is -2.18. The van der Waals surface area contributed by atoms with Crippen LogP contribution in [0.15, 0.2) is 23.8 Å². The van der Waals surface area contributed by atoms with Gasteiger partial charge in [0.25, 0.3) is 0 Å². The van der Waals surface area contributed by atoms with Crippen LogP contribution in [-0.4, -0.2) is 10.2 Å².